The zero-order valence-electron chi connectivity index (χ0n) is 24.4. The average Bonchev–Trinajstić information content (AvgIpc) is 3.58. The molecule has 0 spiro atoms. The Morgan fingerprint density at radius 2 is 2.05 bits per heavy atom. The van der Waals surface area contributed by atoms with E-state index in [2.05, 4.69) is 11.9 Å². The summed E-state index contributed by atoms with van der Waals surface area (Å²) in [5.41, 5.74) is 1.48. The number of rotatable bonds is 14. The van der Waals surface area contributed by atoms with Crippen molar-refractivity contribution in [3.63, 3.8) is 0 Å². The molecule has 224 valence electrons. The summed E-state index contributed by atoms with van der Waals surface area (Å²) in [6.07, 6.45) is 4.93. The molecule has 4 atom stereocenters. The number of carboxylic acid groups (broad SMARTS) is 1. The molecule has 2 aliphatic heterocycles. The number of aliphatic carboxylic acids is 1. The van der Waals surface area contributed by atoms with Gasteiger partial charge in [-0.05, 0) is 56.1 Å². The summed E-state index contributed by atoms with van der Waals surface area (Å²) in [6.45, 7) is 7.90. The first-order valence-electron chi connectivity index (χ1n) is 14.4. The lowest BCUT2D eigenvalue weighted by Crippen LogP contribution is -2.46. The summed E-state index contributed by atoms with van der Waals surface area (Å²) in [5.74, 6) is -0.736. The third kappa shape index (κ3) is 6.91. The maximum atomic E-state index is 13.8. The Bertz CT molecular complexity index is 1180. The summed E-state index contributed by atoms with van der Waals surface area (Å²) in [5, 5.41) is 20.8. The maximum absolute atomic E-state index is 13.8. The van der Waals surface area contributed by atoms with E-state index in [1.54, 1.807) is 30.3 Å². The molecule has 11 heteroatoms. The Balaban J connectivity index is 1.67. The van der Waals surface area contributed by atoms with E-state index in [4.69, 9.17) is 14.2 Å². The normalized spacial score (nSPS) is 20.8. The third-order valence-electron chi connectivity index (χ3n) is 8.12. The van der Waals surface area contributed by atoms with E-state index in [-0.39, 0.29) is 19.2 Å². The number of anilines is 1. The van der Waals surface area contributed by atoms with Gasteiger partial charge in [-0.2, -0.15) is 0 Å². The van der Waals surface area contributed by atoms with Gasteiger partial charge in [0, 0.05) is 37.8 Å². The van der Waals surface area contributed by atoms with Crippen LogP contribution in [0.4, 0.5) is 5.69 Å². The molecule has 3 heterocycles. The van der Waals surface area contributed by atoms with E-state index in [1.165, 1.54) is 7.11 Å². The highest BCUT2D eigenvalue weighted by Crippen LogP contribution is 2.47. The highest BCUT2D eigenvalue weighted by molar-refractivity contribution is 5.94. The van der Waals surface area contributed by atoms with Crippen LogP contribution >= 0.6 is 0 Å². The molecule has 41 heavy (non-hydrogen) atoms. The van der Waals surface area contributed by atoms with Crippen molar-refractivity contribution in [2.24, 2.45) is 5.92 Å². The Kier molecular flexibility index (Phi) is 10.4. The molecular formula is C30H42N4O7. The van der Waals surface area contributed by atoms with E-state index < -0.39 is 30.1 Å². The third-order valence-corrected chi connectivity index (χ3v) is 8.12. The van der Waals surface area contributed by atoms with Crippen LogP contribution in [0.15, 0.2) is 36.7 Å². The van der Waals surface area contributed by atoms with Crippen LogP contribution in [0, 0.1) is 5.92 Å². The van der Waals surface area contributed by atoms with Gasteiger partial charge in [-0.1, -0.05) is 20.3 Å². The molecule has 1 unspecified atom stereocenters. The number of hydrogen-bond donors (Lipinski definition) is 2. The minimum Gasteiger partial charge on any atom is -0.493 e. The van der Waals surface area contributed by atoms with Crippen LogP contribution in [0.5, 0.6) is 17.2 Å². The largest absolute Gasteiger partial charge is 0.493 e. The van der Waals surface area contributed by atoms with Gasteiger partial charge in [0.1, 0.15) is 6.23 Å². The number of aromatic nitrogens is 1. The minimum atomic E-state index is -0.929. The first kappa shape index (κ1) is 30.5. The zero-order valence-corrected chi connectivity index (χ0v) is 24.4. The zero-order chi connectivity index (χ0) is 29.5. The van der Waals surface area contributed by atoms with Gasteiger partial charge in [0.15, 0.2) is 11.5 Å². The number of carbonyl (C=O) groups excluding carboxylic acids is 1. The van der Waals surface area contributed by atoms with Crippen LogP contribution in [-0.4, -0.2) is 95.8 Å². The number of unbranched alkanes of at least 4 members (excludes halogenated alkanes) is 1. The first-order chi connectivity index (χ1) is 19.8. The molecule has 1 amide bonds. The SMILES string of the molecule is CCCCN(C(=O)CN1C[C@H](c2cc(OC)c3c(c2)OCO3)[C@@H](C(=O)O)[C@@H]1CCN(CC)C(C)O)c1cccnc1. The number of methoxy groups -OCH3 is 1. The molecule has 0 saturated carbocycles. The predicted molar refractivity (Wildman–Crippen MR) is 153 cm³/mol. The molecular weight excluding hydrogens is 528 g/mol. The summed E-state index contributed by atoms with van der Waals surface area (Å²) < 4.78 is 16.7. The Morgan fingerprint density at radius 1 is 1.24 bits per heavy atom. The molecule has 1 aromatic heterocycles. The number of hydrogen-bond acceptors (Lipinski definition) is 9. The van der Waals surface area contributed by atoms with Gasteiger partial charge in [-0.3, -0.25) is 24.4 Å². The van der Waals surface area contributed by atoms with Gasteiger partial charge in [0.2, 0.25) is 18.4 Å². The van der Waals surface area contributed by atoms with Crippen LogP contribution < -0.4 is 19.1 Å². The second-order valence-corrected chi connectivity index (χ2v) is 10.6. The lowest BCUT2D eigenvalue weighted by atomic mass is 9.84. The highest BCUT2D eigenvalue weighted by Gasteiger charge is 2.47. The quantitative estimate of drug-likeness (QED) is 0.327. The molecule has 4 rings (SSSR count). The fraction of sp³-hybridized carbons (Fsp3) is 0.567. The number of carbonyl (C=O) groups is 2. The van der Waals surface area contributed by atoms with E-state index in [0.717, 1.165) is 24.1 Å². The number of benzene rings is 1. The Hall–Kier alpha value is -3.41. The van der Waals surface area contributed by atoms with Gasteiger partial charge < -0.3 is 29.3 Å². The van der Waals surface area contributed by atoms with Gasteiger partial charge in [0.05, 0.1) is 31.5 Å². The van der Waals surface area contributed by atoms with Crippen LogP contribution in [0.2, 0.25) is 0 Å². The number of amides is 1. The molecule has 2 aliphatic rings. The van der Waals surface area contributed by atoms with E-state index in [0.29, 0.717) is 49.8 Å². The molecule has 0 aliphatic carbocycles. The van der Waals surface area contributed by atoms with Gasteiger partial charge in [-0.15, -0.1) is 0 Å². The van der Waals surface area contributed by atoms with Crippen LogP contribution in [-0.2, 0) is 9.59 Å². The van der Waals surface area contributed by atoms with Crippen molar-refractivity contribution in [1.29, 1.82) is 0 Å². The van der Waals surface area contributed by atoms with Gasteiger partial charge in [-0.25, -0.2) is 0 Å². The van der Waals surface area contributed by atoms with Crippen molar-refractivity contribution < 1.29 is 34.0 Å². The standard InChI is InChI=1S/C30H42N4O7/c1-5-7-12-34(22-9-8-11-31-16-22)27(36)18-33-17-23(21-14-25(39-4)29-26(15-21)40-19-41-29)28(30(37)38)24(33)10-13-32(6-2)20(3)35/h8-9,11,14-16,20,23-24,28,35H,5-7,10,12-13,17-19H2,1-4H3,(H,37,38)/t20?,23-,24+,28-/m1/s1. The lowest BCUT2D eigenvalue weighted by Gasteiger charge is -2.32. The smallest absolute Gasteiger partial charge is 0.308 e. The number of likely N-dealkylation sites (tertiary alicyclic amines) is 1. The van der Waals surface area contributed by atoms with Crippen LogP contribution in [0.1, 0.15) is 51.5 Å². The molecule has 1 aromatic carbocycles. The maximum Gasteiger partial charge on any atom is 0.308 e. The Labute approximate surface area is 241 Å². The summed E-state index contributed by atoms with van der Waals surface area (Å²) >= 11 is 0. The molecule has 1 saturated heterocycles. The minimum absolute atomic E-state index is 0.0616. The van der Waals surface area contributed by atoms with Crippen molar-refractivity contribution in [3.05, 3.63) is 42.2 Å². The monoisotopic (exact) mass is 570 g/mol. The summed E-state index contributed by atoms with van der Waals surface area (Å²) in [6, 6.07) is 6.87. The predicted octanol–water partition coefficient (Wildman–Crippen LogP) is 3.17. The van der Waals surface area contributed by atoms with Crippen LogP contribution in [0.25, 0.3) is 0 Å². The number of ether oxygens (including phenoxy) is 3. The van der Waals surface area contributed by atoms with Gasteiger partial charge in [0.25, 0.3) is 0 Å². The molecule has 0 bridgehead atoms. The van der Waals surface area contributed by atoms with Gasteiger partial charge >= 0.3 is 5.97 Å². The number of nitrogens with zero attached hydrogens (tertiary/aromatic N) is 4. The van der Waals surface area contributed by atoms with Crippen molar-refractivity contribution in [1.82, 2.24) is 14.8 Å². The Morgan fingerprint density at radius 3 is 2.68 bits per heavy atom. The van der Waals surface area contributed by atoms with Crippen molar-refractivity contribution in [2.75, 3.05) is 51.5 Å². The number of fused-ring (bicyclic) bond motifs is 1. The number of pyridine rings is 1. The molecule has 2 N–H and O–H groups in total. The first-order valence-corrected chi connectivity index (χ1v) is 14.4. The second-order valence-electron chi connectivity index (χ2n) is 10.6. The molecule has 0 radical (unpaired) electrons. The van der Waals surface area contributed by atoms with E-state index in [1.807, 2.05) is 34.9 Å². The topological polar surface area (TPSA) is 125 Å². The second kappa shape index (κ2) is 14.0. The van der Waals surface area contributed by atoms with Crippen molar-refractivity contribution >= 4 is 17.6 Å². The lowest BCUT2D eigenvalue weighted by molar-refractivity contribution is -0.143. The molecule has 2 aromatic rings. The fourth-order valence-electron chi connectivity index (χ4n) is 5.95. The molecule has 11 nitrogen and oxygen atoms in total. The van der Waals surface area contributed by atoms with Crippen molar-refractivity contribution in [3.8, 4) is 17.2 Å². The van der Waals surface area contributed by atoms with E-state index in [9.17, 15) is 19.8 Å². The fourth-order valence-corrected chi connectivity index (χ4v) is 5.95. The number of aliphatic hydroxyl groups is 1. The van der Waals surface area contributed by atoms with Crippen LogP contribution in [0.3, 0.4) is 0 Å². The number of aliphatic hydroxyl groups excluding tert-OH is 1. The molecule has 1 fully saturated rings. The highest BCUT2D eigenvalue weighted by atomic mass is 16.7. The summed E-state index contributed by atoms with van der Waals surface area (Å²) in [7, 11) is 1.54. The van der Waals surface area contributed by atoms with E-state index >= 15 is 0 Å². The summed E-state index contributed by atoms with van der Waals surface area (Å²) in [4.78, 5) is 36.5. The van der Waals surface area contributed by atoms with Crippen molar-refractivity contribution in [2.45, 2.75) is 58.2 Å². The number of carboxylic acids is 1. The average molecular weight is 571 g/mol.